The third-order valence-electron chi connectivity index (χ3n) is 7.41. The number of pyridine rings is 1. The SMILES string of the molecule is CCCC(C1=C(C)N(C)C(=O)CC1)n1cc(-c2nn(-c3cnc(OC)c(F)c3)c3c2CCOCC3)cn1. The van der Waals surface area contributed by atoms with Gasteiger partial charge >= 0.3 is 0 Å². The zero-order valence-electron chi connectivity index (χ0n) is 21.8. The third kappa shape index (κ3) is 4.66. The maximum atomic E-state index is 14.5. The second-order valence-corrected chi connectivity index (χ2v) is 9.56. The summed E-state index contributed by atoms with van der Waals surface area (Å²) in [4.78, 5) is 18.1. The van der Waals surface area contributed by atoms with Crippen molar-refractivity contribution < 1.29 is 18.7 Å². The number of methoxy groups -OCH3 is 1. The Morgan fingerprint density at radius 3 is 2.76 bits per heavy atom. The lowest BCUT2D eigenvalue weighted by Gasteiger charge is -2.31. The van der Waals surface area contributed by atoms with Crippen LogP contribution in [0.1, 0.15) is 56.8 Å². The Bertz CT molecular complexity index is 1340. The van der Waals surface area contributed by atoms with Gasteiger partial charge in [-0.15, -0.1) is 0 Å². The molecule has 3 aromatic rings. The molecular formula is C27H33FN6O3. The molecule has 5 heterocycles. The number of ether oxygens (including phenoxy) is 2. The lowest BCUT2D eigenvalue weighted by Crippen LogP contribution is -2.31. The number of nitrogens with zero attached hydrogens (tertiary/aromatic N) is 6. The highest BCUT2D eigenvalue weighted by Crippen LogP contribution is 2.36. The molecule has 0 N–H and O–H groups in total. The van der Waals surface area contributed by atoms with E-state index in [0.29, 0.717) is 38.2 Å². The van der Waals surface area contributed by atoms with Crippen molar-refractivity contribution in [2.45, 2.75) is 58.4 Å². The first-order valence-corrected chi connectivity index (χ1v) is 12.8. The summed E-state index contributed by atoms with van der Waals surface area (Å²) < 4.78 is 29.0. The minimum absolute atomic E-state index is 0.0477. The lowest BCUT2D eigenvalue weighted by atomic mass is 9.93. The van der Waals surface area contributed by atoms with Crippen molar-refractivity contribution in [3.8, 4) is 22.8 Å². The molecule has 0 aromatic carbocycles. The molecule has 3 aromatic heterocycles. The van der Waals surface area contributed by atoms with E-state index in [4.69, 9.17) is 19.7 Å². The van der Waals surface area contributed by atoms with Crippen molar-refractivity contribution in [1.82, 2.24) is 29.4 Å². The molecule has 0 fully saturated rings. The molecule has 1 amide bonds. The molecule has 1 atom stereocenters. The summed E-state index contributed by atoms with van der Waals surface area (Å²) in [6, 6.07) is 1.46. The molecule has 10 heteroatoms. The number of rotatable bonds is 7. The van der Waals surface area contributed by atoms with Gasteiger partial charge < -0.3 is 14.4 Å². The quantitative estimate of drug-likeness (QED) is 0.474. The highest BCUT2D eigenvalue weighted by atomic mass is 19.1. The standard InChI is InChI=1S/C27H33FN6O3/c1-5-6-23(20-7-8-25(35)32(3)17(20)2)33-16-18(14-30-33)26-21-9-11-37-12-10-24(21)34(31-26)19-13-22(28)27(36-4)29-15-19/h13-16,23H,5-12H2,1-4H3. The van der Waals surface area contributed by atoms with E-state index in [2.05, 4.69) is 11.9 Å². The van der Waals surface area contributed by atoms with Crippen LogP contribution in [0, 0.1) is 5.82 Å². The smallest absolute Gasteiger partial charge is 0.250 e. The van der Waals surface area contributed by atoms with Crippen LogP contribution in [-0.2, 0) is 22.4 Å². The van der Waals surface area contributed by atoms with Crippen molar-refractivity contribution >= 4 is 5.91 Å². The Hall–Kier alpha value is -3.53. The molecule has 196 valence electrons. The van der Waals surface area contributed by atoms with Gasteiger partial charge in [-0.05, 0) is 31.8 Å². The van der Waals surface area contributed by atoms with E-state index >= 15 is 0 Å². The van der Waals surface area contributed by atoms with Crippen LogP contribution in [0.3, 0.4) is 0 Å². The highest BCUT2D eigenvalue weighted by molar-refractivity contribution is 5.79. The van der Waals surface area contributed by atoms with Gasteiger partial charge in [-0.25, -0.2) is 14.1 Å². The number of fused-ring (bicyclic) bond motifs is 1. The fraction of sp³-hybridized carbons (Fsp3) is 0.481. The zero-order chi connectivity index (χ0) is 26.1. The predicted molar refractivity (Wildman–Crippen MR) is 136 cm³/mol. The average Bonchev–Trinajstić information content (AvgIpc) is 3.44. The summed E-state index contributed by atoms with van der Waals surface area (Å²) in [6.07, 6.45) is 10.0. The van der Waals surface area contributed by atoms with Crippen molar-refractivity contribution in [2.75, 3.05) is 27.4 Å². The molecule has 0 bridgehead atoms. The van der Waals surface area contributed by atoms with Crippen LogP contribution in [0.5, 0.6) is 5.88 Å². The van der Waals surface area contributed by atoms with Gasteiger partial charge in [0.2, 0.25) is 11.8 Å². The molecule has 0 saturated heterocycles. The van der Waals surface area contributed by atoms with Gasteiger partial charge in [0.1, 0.15) is 0 Å². The Morgan fingerprint density at radius 2 is 2.00 bits per heavy atom. The van der Waals surface area contributed by atoms with Crippen molar-refractivity contribution in [2.24, 2.45) is 0 Å². The van der Waals surface area contributed by atoms with Crippen molar-refractivity contribution in [1.29, 1.82) is 0 Å². The summed E-state index contributed by atoms with van der Waals surface area (Å²) in [5.41, 5.74) is 6.58. The van der Waals surface area contributed by atoms with Crippen LogP contribution in [-0.4, -0.2) is 62.7 Å². The van der Waals surface area contributed by atoms with E-state index in [0.717, 1.165) is 47.5 Å². The normalized spacial score (nSPS) is 17.1. The van der Waals surface area contributed by atoms with Gasteiger partial charge in [0, 0.05) is 49.0 Å². The van der Waals surface area contributed by atoms with Crippen LogP contribution >= 0.6 is 0 Å². The maximum Gasteiger partial charge on any atom is 0.250 e. The first kappa shape index (κ1) is 25.1. The summed E-state index contributed by atoms with van der Waals surface area (Å²) >= 11 is 0. The number of hydrogen-bond acceptors (Lipinski definition) is 6. The molecule has 0 saturated carbocycles. The molecule has 9 nitrogen and oxygen atoms in total. The first-order valence-electron chi connectivity index (χ1n) is 12.8. The van der Waals surface area contributed by atoms with Gasteiger partial charge in [0.25, 0.3) is 0 Å². The monoisotopic (exact) mass is 508 g/mol. The van der Waals surface area contributed by atoms with E-state index in [1.807, 2.05) is 31.0 Å². The highest BCUT2D eigenvalue weighted by Gasteiger charge is 2.28. The van der Waals surface area contributed by atoms with Crippen LogP contribution in [0.15, 0.2) is 35.9 Å². The van der Waals surface area contributed by atoms with Crippen LogP contribution in [0.25, 0.3) is 16.9 Å². The van der Waals surface area contributed by atoms with Gasteiger partial charge in [0.05, 0.1) is 55.8 Å². The zero-order valence-corrected chi connectivity index (χ0v) is 21.8. The first-order chi connectivity index (χ1) is 17.9. The van der Waals surface area contributed by atoms with E-state index < -0.39 is 5.82 Å². The molecule has 2 aliphatic heterocycles. The van der Waals surface area contributed by atoms with Crippen LogP contribution in [0.4, 0.5) is 4.39 Å². The predicted octanol–water partition coefficient (Wildman–Crippen LogP) is 4.26. The summed E-state index contributed by atoms with van der Waals surface area (Å²) in [5, 5.41) is 9.70. The number of carbonyl (C=O) groups excluding carboxylic acids is 1. The number of allylic oxidation sites excluding steroid dienone is 2. The fourth-order valence-electron chi connectivity index (χ4n) is 5.35. The van der Waals surface area contributed by atoms with Crippen LogP contribution < -0.4 is 4.74 Å². The molecular weight excluding hydrogens is 475 g/mol. The van der Waals surface area contributed by atoms with E-state index in [9.17, 15) is 9.18 Å². The molecule has 5 rings (SSSR count). The number of aromatic nitrogens is 5. The molecule has 1 unspecified atom stereocenters. The maximum absolute atomic E-state index is 14.5. The Morgan fingerprint density at radius 1 is 1.19 bits per heavy atom. The Balaban J connectivity index is 1.56. The van der Waals surface area contributed by atoms with Gasteiger partial charge in [-0.1, -0.05) is 13.3 Å². The second-order valence-electron chi connectivity index (χ2n) is 9.56. The van der Waals surface area contributed by atoms with E-state index in [1.54, 1.807) is 15.8 Å². The fourth-order valence-corrected chi connectivity index (χ4v) is 5.35. The van der Waals surface area contributed by atoms with Crippen molar-refractivity contribution in [3.63, 3.8) is 0 Å². The largest absolute Gasteiger partial charge is 0.479 e. The Kier molecular flexibility index (Phi) is 7.10. The van der Waals surface area contributed by atoms with Gasteiger partial charge in [-0.3, -0.25) is 9.48 Å². The Labute approximate surface area is 215 Å². The summed E-state index contributed by atoms with van der Waals surface area (Å²) in [5.74, 6) is -0.434. The summed E-state index contributed by atoms with van der Waals surface area (Å²) in [7, 11) is 3.24. The molecule has 37 heavy (non-hydrogen) atoms. The topological polar surface area (TPSA) is 87.3 Å². The number of hydrogen-bond donors (Lipinski definition) is 0. The minimum atomic E-state index is -0.537. The van der Waals surface area contributed by atoms with Gasteiger partial charge in [-0.2, -0.15) is 10.2 Å². The summed E-state index contributed by atoms with van der Waals surface area (Å²) in [6.45, 7) is 5.35. The minimum Gasteiger partial charge on any atom is -0.479 e. The average molecular weight is 509 g/mol. The van der Waals surface area contributed by atoms with Crippen LogP contribution in [0.2, 0.25) is 0 Å². The molecule has 0 spiro atoms. The second kappa shape index (κ2) is 10.5. The number of amides is 1. The van der Waals surface area contributed by atoms with E-state index in [1.165, 1.54) is 18.7 Å². The van der Waals surface area contributed by atoms with Gasteiger partial charge in [0.15, 0.2) is 5.82 Å². The number of carbonyl (C=O) groups is 1. The lowest BCUT2D eigenvalue weighted by molar-refractivity contribution is -0.128. The third-order valence-corrected chi connectivity index (χ3v) is 7.41. The van der Waals surface area contributed by atoms with E-state index in [-0.39, 0.29) is 17.8 Å². The molecule has 0 aliphatic carbocycles. The number of halogens is 1. The molecule has 0 radical (unpaired) electrons. The molecule has 2 aliphatic rings. The van der Waals surface area contributed by atoms with Crippen molar-refractivity contribution in [3.05, 3.63) is 53.0 Å².